The van der Waals surface area contributed by atoms with Crippen molar-refractivity contribution < 1.29 is 27.0 Å². The van der Waals surface area contributed by atoms with Gasteiger partial charge >= 0.3 is 0 Å². The van der Waals surface area contributed by atoms with Crippen LogP contribution < -0.4 is 0 Å². The predicted molar refractivity (Wildman–Crippen MR) is 81.0 cm³/mol. The fourth-order valence-corrected chi connectivity index (χ4v) is 1.62. The number of pyridine rings is 2. The fraction of sp³-hybridized carbons (Fsp3) is 0. The van der Waals surface area contributed by atoms with Gasteiger partial charge in [-0.2, -0.15) is 0 Å². The molecule has 0 aliphatic rings. The SMILES string of the molecule is O=Cc1ccccc1O.[Cu].c1ccc(-c2ccccn2)nc1. The summed E-state index contributed by atoms with van der Waals surface area (Å²) < 4.78 is 0. The first kappa shape index (κ1) is 17.6. The molecule has 0 spiro atoms. The molecule has 1 N–H and O–H groups in total. The minimum atomic E-state index is 0. The number of carbonyl (C=O) groups is 1. The van der Waals surface area contributed by atoms with Crippen LogP contribution in [0.15, 0.2) is 73.1 Å². The number of hydrogen-bond donors (Lipinski definition) is 1. The Bertz CT molecular complexity index is 654. The molecule has 2 aromatic heterocycles. The molecule has 0 atom stereocenters. The van der Waals surface area contributed by atoms with Gasteiger partial charge in [0.05, 0.1) is 17.0 Å². The Morgan fingerprint density at radius 2 is 1.27 bits per heavy atom. The molecule has 3 rings (SSSR count). The number of aromatic nitrogens is 2. The monoisotopic (exact) mass is 341 g/mol. The molecular weight excluding hydrogens is 328 g/mol. The summed E-state index contributed by atoms with van der Waals surface area (Å²) in [6.07, 6.45) is 4.16. The second-order valence-electron chi connectivity index (χ2n) is 4.11. The fourth-order valence-electron chi connectivity index (χ4n) is 1.62. The molecule has 2 heterocycles. The molecule has 0 saturated carbocycles. The first-order valence-electron chi connectivity index (χ1n) is 6.37. The van der Waals surface area contributed by atoms with E-state index in [2.05, 4.69) is 9.97 Å². The molecule has 1 radical (unpaired) electrons. The van der Waals surface area contributed by atoms with Gasteiger partial charge in [0.2, 0.25) is 0 Å². The molecule has 1 aromatic carbocycles. The smallest absolute Gasteiger partial charge is 0.153 e. The molecule has 0 aliphatic carbocycles. The van der Waals surface area contributed by atoms with Crippen LogP contribution in [0.1, 0.15) is 10.4 Å². The summed E-state index contributed by atoms with van der Waals surface area (Å²) in [5, 5.41) is 8.88. The third kappa shape index (κ3) is 5.13. The van der Waals surface area contributed by atoms with Crippen molar-refractivity contribution in [3.05, 3.63) is 78.6 Å². The Morgan fingerprint density at radius 1 is 0.773 bits per heavy atom. The van der Waals surface area contributed by atoms with Crippen molar-refractivity contribution >= 4 is 6.29 Å². The Labute approximate surface area is 139 Å². The number of benzene rings is 1. The number of carbonyl (C=O) groups excluding carboxylic acids is 1. The summed E-state index contributed by atoms with van der Waals surface area (Å²) in [6.45, 7) is 0. The van der Waals surface area contributed by atoms with E-state index in [-0.39, 0.29) is 22.8 Å². The molecule has 0 fully saturated rings. The van der Waals surface area contributed by atoms with Gasteiger partial charge in [-0.25, -0.2) is 0 Å². The maximum atomic E-state index is 10.1. The third-order valence-electron chi connectivity index (χ3n) is 2.66. The molecule has 0 unspecified atom stereocenters. The van der Waals surface area contributed by atoms with E-state index in [9.17, 15) is 4.79 Å². The van der Waals surface area contributed by atoms with Crippen molar-refractivity contribution in [1.82, 2.24) is 9.97 Å². The average molecular weight is 342 g/mol. The van der Waals surface area contributed by atoms with E-state index in [0.29, 0.717) is 11.8 Å². The molecule has 0 bridgehead atoms. The molecule has 5 heteroatoms. The topological polar surface area (TPSA) is 63.1 Å². The summed E-state index contributed by atoms with van der Waals surface area (Å²) >= 11 is 0. The van der Waals surface area contributed by atoms with Gasteiger partial charge in [0.25, 0.3) is 0 Å². The third-order valence-corrected chi connectivity index (χ3v) is 2.66. The van der Waals surface area contributed by atoms with Gasteiger partial charge < -0.3 is 5.11 Å². The zero-order valence-corrected chi connectivity index (χ0v) is 12.5. The Balaban J connectivity index is 0.000000219. The Kier molecular flexibility index (Phi) is 7.54. The van der Waals surface area contributed by atoms with Crippen LogP contribution in [0.2, 0.25) is 0 Å². The zero-order valence-electron chi connectivity index (χ0n) is 11.6. The summed E-state index contributed by atoms with van der Waals surface area (Å²) in [4.78, 5) is 18.4. The molecule has 3 aromatic rings. The number of phenols is 1. The molecule has 0 saturated heterocycles. The average Bonchev–Trinajstić information content (AvgIpc) is 2.58. The van der Waals surface area contributed by atoms with Crippen molar-refractivity contribution in [2.24, 2.45) is 0 Å². The Morgan fingerprint density at radius 3 is 1.64 bits per heavy atom. The van der Waals surface area contributed by atoms with Gasteiger partial charge in [-0.05, 0) is 36.4 Å². The van der Waals surface area contributed by atoms with Crippen LogP contribution in [0.4, 0.5) is 0 Å². The minimum absolute atomic E-state index is 0. The predicted octanol–water partition coefficient (Wildman–Crippen LogP) is 3.35. The van der Waals surface area contributed by atoms with E-state index in [1.54, 1.807) is 30.6 Å². The van der Waals surface area contributed by atoms with Crippen molar-refractivity contribution in [3.8, 4) is 17.1 Å². The van der Waals surface area contributed by atoms with Gasteiger partial charge in [-0.3, -0.25) is 14.8 Å². The normalized spacial score (nSPS) is 8.91. The molecular formula is C17H14CuN2O2. The molecule has 4 nitrogen and oxygen atoms in total. The standard InChI is InChI=1S/C10H8N2.C7H6O2.Cu/c1-3-7-11-9(5-1)10-6-2-4-8-12-10;8-5-6-3-1-2-4-7(6)9;/h1-8H;1-5,9H;. The van der Waals surface area contributed by atoms with Crippen LogP contribution in [-0.2, 0) is 17.1 Å². The number of rotatable bonds is 2. The van der Waals surface area contributed by atoms with Gasteiger partial charge in [-0.1, -0.05) is 24.3 Å². The number of phenolic OH excluding ortho intramolecular Hbond substituents is 1. The van der Waals surface area contributed by atoms with Crippen LogP contribution in [0.3, 0.4) is 0 Å². The van der Waals surface area contributed by atoms with Gasteiger partial charge in [0.15, 0.2) is 6.29 Å². The van der Waals surface area contributed by atoms with E-state index in [0.717, 1.165) is 11.4 Å². The van der Waals surface area contributed by atoms with Crippen molar-refractivity contribution in [2.45, 2.75) is 0 Å². The van der Waals surface area contributed by atoms with E-state index in [4.69, 9.17) is 5.11 Å². The Hall–Kier alpha value is -2.49. The van der Waals surface area contributed by atoms with Gasteiger partial charge in [-0.15, -0.1) is 0 Å². The maximum absolute atomic E-state index is 10.1. The number of aromatic hydroxyl groups is 1. The van der Waals surface area contributed by atoms with Gasteiger partial charge in [0.1, 0.15) is 5.75 Å². The van der Waals surface area contributed by atoms with E-state index in [1.165, 1.54) is 6.07 Å². The second-order valence-corrected chi connectivity index (χ2v) is 4.11. The number of hydrogen-bond acceptors (Lipinski definition) is 4. The van der Waals surface area contributed by atoms with Crippen LogP contribution in [-0.4, -0.2) is 21.4 Å². The number of para-hydroxylation sites is 1. The first-order valence-corrected chi connectivity index (χ1v) is 6.37. The van der Waals surface area contributed by atoms with Crippen molar-refractivity contribution in [2.75, 3.05) is 0 Å². The maximum Gasteiger partial charge on any atom is 0.153 e. The van der Waals surface area contributed by atoms with E-state index >= 15 is 0 Å². The van der Waals surface area contributed by atoms with Crippen LogP contribution in [0.25, 0.3) is 11.4 Å². The zero-order chi connectivity index (χ0) is 14.9. The summed E-state index contributed by atoms with van der Waals surface area (Å²) in [5.74, 6) is 0.0347. The number of nitrogens with zero attached hydrogens (tertiary/aromatic N) is 2. The van der Waals surface area contributed by atoms with E-state index in [1.807, 2.05) is 36.4 Å². The molecule has 0 amide bonds. The van der Waals surface area contributed by atoms with Gasteiger partial charge in [0, 0.05) is 29.5 Å². The minimum Gasteiger partial charge on any atom is -0.507 e. The van der Waals surface area contributed by atoms with Crippen molar-refractivity contribution in [1.29, 1.82) is 0 Å². The van der Waals surface area contributed by atoms with E-state index < -0.39 is 0 Å². The number of aldehydes is 1. The summed E-state index contributed by atoms with van der Waals surface area (Å²) in [6, 6.07) is 18.0. The molecule has 22 heavy (non-hydrogen) atoms. The quantitative estimate of drug-likeness (QED) is 0.573. The second kappa shape index (κ2) is 9.45. The van der Waals surface area contributed by atoms with Crippen molar-refractivity contribution in [3.63, 3.8) is 0 Å². The largest absolute Gasteiger partial charge is 0.507 e. The van der Waals surface area contributed by atoms with Crippen LogP contribution in [0.5, 0.6) is 5.75 Å². The molecule has 0 aliphatic heterocycles. The summed E-state index contributed by atoms with van der Waals surface area (Å²) in [7, 11) is 0. The first-order chi connectivity index (χ1) is 10.3. The van der Waals surface area contributed by atoms with Crippen LogP contribution in [0, 0.1) is 0 Å². The molecule has 115 valence electrons. The van der Waals surface area contributed by atoms with Crippen LogP contribution >= 0.6 is 0 Å². The summed E-state index contributed by atoms with van der Waals surface area (Å²) in [5.41, 5.74) is 2.16.